The summed E-state index contributed by atoms with van der Waals surface area (Å²) >= 11 is 1.16. The van der Waals surface area contributed by atoms with Crippen molar-refractivity contribution < 1.29 is 4.79 Å². The molecule has 0 aliphatic carbocycles. The maximum atomic E-state index is 11.9. The van der Waals surface area contributed by atoms with Crippen molar-refractivity contribution in [2.24, 2.45) is 5.92 Å². The molecule has 0 saturated carbocycles. The summed E-state index contributed by atoms with van der Waals surface area (Å²) in [6.07, 6.45) is 0.979. The first-order chi connectivity index (χ1) is 11.0. The van der Waals surface area contributed by atoms with Gasteiger partial charge in [0.1, 0.15) is 5.92 Å². The summed E-state index contributed by atoms with van der Waals surface area (Å²) in [7, 11) is 0. The van der Waals surface area contributed by atoms with Gasteiger partial charge in [0.05, 0.1) is 11.8 Å². The van der Waals surface area contributed by atoms with Crippen LogP contribution in [-0.2, 0) is 11.2 Å². The average Bonchev–Trinajstić information content (AvgIpc) is 3.02. The highest BCUT2D eigenvalue weighted by Gasteiger charge is 2.20. The number of thioether (sulfide) groups is 1. The van der Waals surface area contributed by atoms with Crippen molar-refractivity contribution in [2.75, 3.05) is 5.75 Å². The predicted molar refractivity (Wildman–Crippen MR) is 89.4 cm³/mol. The van der Waals surface area contributed by atoms with Gasteiger partial charge >= 0.3 is 0 Å². The van der Waals surface area contributed by atoms with Crippen molar-refractivity contribution in [2.45, 2.75) is 25.4 Å². The molecule has 1 atom stereocenters. The highest BCUT2D eigenvalue weighted by atomic mass is 32.2. The van der Waals surface area contributed by atoms with E-state index in [1.165, 1.54) is 12.5 Å². The first-order valence-electron chi connectivity index (χ1n) is 7.17. The van der Waals surface area contributed by atoms with Gasteiger partial charge in [-0.25, -0.2) is 4.98 Å². The van der Waals surface area contributed by atoms with Crippen LogP contribution in [0, 0.1) is 22.7 Å². The van der Waals surface area contributed by atoms with E-state index in [4.69, 9.17) is 10.7 Å². The molecule has 2 aromatic rings. The van der Waals surface area contributed by atoms with Gasteiger partial charge in [-0.2, -0.15) is 5.26 Å². The zero-order chi connectivity index (χ0) is 16.8. The van der Waals surface area contributed by atoms with E-state index in [0.717, 1.165) is 23.7 Å². The second kappa shape index (κ2) is 7.70. The topological polar surface area (TPSA) is 106 Å². The quantitative estimate of drug-likeness (QED) is 0.600. The van der Waals surface area contributed by atoms with Crippen molar-refractivity contribution in [1.82, 2.24) is 15.2 Å². The molecular weight excluding hydrogens is 310 g/mol. The molecule has 0 aliphatic heterocycles. The third-order valence-electron chi connectivity index (χ3n) is 3.33. The Morgan fingerprint density at radius 1 is 1.43 bits per heavy atom. The molecule has 1 aromatic carbocycles. The molecular formula is C16H17N5OS. The zero-order valence-corrected chi connectivity index (χ0v) is 13.8. The number of nitrogens with one attached hydrogen (secondary N) is 2. The van der Waals surface area contributed by atoms with Crippen LogP contribution >= 0.6 is 11.8 Å². The normalized spacial score (nSPS) is 11.7. The van der Waals surface area contributed by atoms with Gasteiger partial charge in [-0.1, -0.05) is 43.0 Å². The smallest absolute Gasteiger partial charge is 0.209 e. The van der Waals surface area contributed by atoms with Crippen LogP contribution in [0.25, 0.3) is 11.4 Å². The van der Waals surface area contributed by atoms with E-state index in [-0.39, 0.29) is 17.2 Å². The van der Waals surface area contributed by atoms with E-state index < -0.39 is 5.92 Å². The lowest BCUT2D eigenvalue weighted by molar-refractivity contribution is -0.117. The van der Waals surface area contributed by atoms with E-state index >= 15 is 0 Å². The Balaban J connectivity index is 2.01. The number of H-pyrrole nitrogens is 1. The van der Waals surface area contributed by atoms with Gasteiger partial charge in [0.15, 0.2) is 11.6 Å². The predicted octanol–water partition coefficient (Wildman–Crippen LogP) is 2.87. The largest absolute Gasteiger partial charge is 0.308 e. The standard InChI is InChI=1S/C16H17N5OS/c1-3-11-4-6-12(7-5-11)15-19-16(21-20-15)23-9-14(22)13(8-17)10(2)18/h4-7,13,18H,3,9H2,1-2H3,(H,19,20,21)/t13-/m1/s1. The Kier molecular flexibility index (Phi) is 5.66. The Morgan fingerprint density at radius 3 is 2.70 bits per heavy atom. The molecule has 0 unspecified atom stereocenters. The van der Waals surface area contributed by atoms with E-state index in [9.17, 15) is 4.79 Å². The molecule has 7 heteroatoms. The number of aryl methyl sites for hydroxylation is 1. The van der Waals surface area contributed by atoms with Crippen LogP contribution in [0.3, 0.4) is 0 Å². The number of hydrogen-bond acceptors (Lipinski definition) is 6. The lowest BCUT2D eigenvalue weighted by Crippen LogP contribution is -2.21. The Bertz CT molecular complexity index is 745. The van der Waals surface area contributed by atoms with Crippen molar-refractivity contribution in [3.63, 3.8) is 0 Å². The molecule has 0 amide bonds. The van der Waals surface area contributed by atoms with Crippen molar-refractivity contribution in [1.29, 1.82) is 10.7 Å². The number of nitriles is 1. The SMILES string of the molecule is CCc1ccc(-c2nc(SCC(=O)[C@H](C#N)C(C)=N)n[nH]2)cc1. The van der Waals surface area contributed by atoms with Gasteiger partial charge in [0.2, 0.25) is 5.16 Å². The van der Waals surface area contributed by atoms with Crippen LogP contribution in [0.1, 0.15) is 19.4 Å². The summed E-state index contributed by atoms with van der Waals surface area (Å²) in [6.45, 7) is 3.56. The van der Waals surface area contributed by atoms with Gasteiger partial charge in [-0.05, 0) is 18.9 Å². The fourth-order valence-corrected chi connectivity index (χ4v) is 2.67. The number of nitrogens with zero attached hydrogens (tertiary/aromatic N) is 3. The number of aromatic amines is 1. The highest BCUT2D eigenvalue weighted by molar-refractivity contribution is 7.99. The van der Waals surface area contributed by atoms with Gasteiger partial charge in [0.25, 0.3) is 0 Å². The number of carbonyl (C=O) groups is 1. The molecule has 0 radical (unpaired) electrons. The minimum Gasteiger partial charge on any atom is -0.308 e. The number of Topliss-reactive ketones (excluding diaryl/α,β-unsaturated/α-hetero) is 1. The fourth-order valence-electron chi connectivity index (χ4n) is 1.97. The number of ketones is 1. The van der Waals surface area contributed by atoms with E-state index in [2.05, 4.69) is 22.1 Å². The lowest BCUT2D eigenvalue weighted by Gasteiger charge is -2.03. The van der Waals surface area contributed by atoms with Gasteiger partial charge in [-0.3, -0.25) is 9.89 Å². The van der Waals surface area contributed by atoms with Crippen LogP contribution < -0.4 is 0 Å². The van der Waals surface area contributed by atoms with Gasteiger partial charge < -0.3 is 5.41 Å². The lowest BCUT2D eigenvalue weighted by atomic mass is 10.0. The fraction of sp³-hybridized carbons (Fsp3) is 0.312. The molecule has 1 heterocycles. The molecule has 1 aromatic heterocycles. The maximum Gasteiger partial charge on any atom is 0.209 e. The summed E-state index contributed by atoms with van der Waals surface area (Å²) in [5.41, 5.74) is 2.24. The molecule has 23 heavy (non-hydrogen) atoms. The average molecular weight is 327 g/mol. The first kappa shape index (κ1) is 16.9. The number of hydrogen-bond donors (Lipinski definition) is 2. The minimum atomic E-state index is -0.984. The highest BCUT2D eigenvalue weighted by Crippen LogP contribution is 2.20. The van der Waals surface area contributed by atoms with Crippen molar-refractivity contribution in [3.05, 3.63) is 29.8 Å². The van der Waals surface area contributed by atoms with Gasteiger partial charge in [0, 0.05) is 11.3 Å². The monoisotopic (exact) mass is 327 g/mol. The van der Waals surface area contributed by atoms with Crippen LogP contribution in [0.4, 0.5) is 0 Å². The summed E-state index contributed by atoms with van der Waals surface area (Å²) in [5, 5.41) is 23.7. The van der Waals surface area contributed by atoms with Crippen molar-refractivity contribution in [3.8, 4) is 17.5 Å². The van der Waals surface area contributed by atoms with Crippen molar-refractivity contribution >= 4 is 23.3 Å². The summed E-state index contributed by atoms with van der Waals surface area (Å²) in [6, 6.07) is 9.87. The van der Waals surface area contributed by atoms with Crippen LogP contribution in [0.15, 0.2) is 29.4 Å². The third-order valence-corrected chi connectivity index (χ3v) is 4.20. The molecule has 0 saturated heterocycles. The molecule has 0 bridgehead atoms. The van der Waals surface area contributed by atoms with Crippen LogP contribution in [0.5, 0.6) is 0 Å². The maximum absolute atomic E-state index is 11.9. The number of aromatic nitrogens is 3. The number of carbonyl (C=O) groups excluding carboxylic acids is 1. The van der Waals surface area contributed by atoms with E-state index in [1.807, 2.05) is 30.3 Å². The number of benzene rings is 1. The van der Waals surface area contributed by atoms with E-state index in [0.29, 0.717) is 11.0 Å². The van der Waals surface area contributed by atoms with Gasteiger partial charge in [-0.15, -0.1) is 5.10 Å². The Hall–Kier alpha value is -2.46. The molecule has 118 valence electrons. The van der Waals surface area contributed by atoms with Crippen LogP contribution in [0.2, 0.25) is 0 Å². The molecule has 0 spiro atoms. The number of rotatable bonds is 7. The molecule has 0 aliphatic rings. The molecule has 6 nitrogen and oxygen atoms in total. The summed E-state index contributed by atoms with van der Waals surface area (Å²) in [5.74, 6) is -0.575. The Labute approximate surface area is 138 Å². The van der Waals surface area contributed by atoms with E-state index in [1.54, 1.807) is 0 Å². The first-order valence-corrected chi connectivity index (χ1v) is 8.15. The summed E-state index contributed by atoms with van der Waals surface area (Å²) < 4.78 is 0. The van der Waals surface area contributed by atoms with Crippen LogP contribution in [-0.4, -0.2) is 32.4 Å². The second-order valence-corrected chi connectivity index (χ2v) is 5.96. The molecule has 0 fully saturated rings. The molecule has 2 rings (SSSR count). The Morgan fingerprint density at radius 2 is 2.13 bits per heavy atom. The third kappa shape index (κ3) is 4.27. The zero-order valence-electron chi connectivity index (χ0n) is 13.0. The molecule has 2 N–H and O–H groups in total. The summed E-state index contributed by atoms with van der Waals surface area (Å²) in [4.78, 5) is 16.2. The minimum absolute atomic E-state index is 0.0600. The second-order valence-electron chi connectivity index (χ2n) is 5.02.